The van der Waals surface area contributed by atoms with Crippen LogP contribution in [0.4, 0.5) is 5.69 Å². The van der Waals surface area contributed by atoms with Crippen molar-refractivity contribution in [2.45, 2.75) is 4.90 Å². The third-order valence-corrected chi connectivity index (χ3v) is 3.80. The van der Waals surface area contributed by atoms with Gasteiger partial charge in [-0.25, -0.2) is 0 Å². The number of hydrogen-bond donors (Lipinski definition) is 2. The van der Waals surface area contributed by atoms with Gasteiger partial charge in [0.15, 0.2) is 0 Å². The minimum atomic E-state index is -0.0987. The van der Waals surface area contributed by atoms with Gasteiger partial charge in [-0.05, 0) is 12.1 Å². The van der Waals surface area contributed by atoms with Crippen LogP contribution in [0.1, 0.15) is 0 Å². The number of nitriles is 1. The topological polar surface area (TPSA) is 73.1 Å². The van der Waals surface area contributed by atoms with E-state index in [0.29, 0.717) is 17.3 Å². The summed E-state index contributed by atoms with van der Waals surface area (Å²) in [5, 5.41) is 20.0. The summed E-state index contributed by atoms with van der Waals surface area (Å²) in [6, 6.07) is 9.46. The van der Waals surface area contributed by atoms with Gasteiger partial charge in [0.2, 0.25) is 5.91 Å². The Balaban J connectivity index is 2.55. The van der Waals surface area contributed by atoms with E-state index in [1.807, 2.05) is 24.3 Å². The highest BCUT2D eigenvalue weighted by molar-refractivity contribution is 8.00. The van der Waals surface area contributed by atoms with E-state index < -0.39 is 0 Å². The summed E-state index contributed by atoms with van der Waals surface area (Å²) < 4.78 is 0. The monoisotopic (exact) mass is 282 g/mol. The normalized spacial score (nSPS) is 9.78. The highest BCUT2D eigenvalue weighted by Gasteiger charge is 2.06. The quantitative estimate of drug-likeness (QED) is 0.591. The fourth-order valence-electron chi connectivity index (χ4n) is 1.22. The molecule has 0 saturated carbocycles. The molecule has 18 heavy (non-hydrogen) atoms. The van der Waals surface area contributed by atoms with Gasteiger partial charge in [0.05, 0.1) is 29.9 Å². The molecule has 0 fully saturated rings. The van der Waals surface area contributed by atoms with Crippen molar-refractivity contribution in [2.24, 2.45) is 0 Å². The number of para-hydroxylation sites is 1. The van der Waals surface area contributed by atoms with E-state index in [-0.39, 0.29) is 12.5 Å². The largest absolute Gasteiger partial charge is 0.396 e. The summed E-state index contributed by atoms with van der Waals surface area (Å²) in [6.07, 6.45) is 0. The molecule has 2 N–H and O–H groups in total. The Morgan fingerprint density at radius 2 is 2.22 bits per heavy atom. The van der Waals surface area contributed by atoms with Gasteiger partial charge in [-0.2, -0.15) is 5.26 Å². The third-order valence-electron chi connectivity index (χ3n) is 1.92. The number of rotatable bonds is 7. The van der Waals surface area contributed by atoms with Crippen LogP contribution in [0.25, 0.3) is 0 Å². The highest BCUT2D eigenvalue weighted by atomic mass is 32.2. The van der Waals surface area contributed by atoms with Crippen molar-refractivity contribution >= 4 is 35.1 Å². The number of carbonyl (C=O) groups is 1. The Morgan fingerprint density at radius 3 is 2.94 bits per heavy atom. The Hall–Kier alpha value is -1.16. The number of nitrogens with one attached hydrogen (secondary N) is 1. The number of thioether (sulfide) groups is 2. The molecule has 0 radical (unpaired) electrons. The zero-order valence-electron chi connectivity index (χ0n) is 9.76. The van der Waals surface area contributed by atoms with E-state index >= 15 is 0 Å². The van der Waals surface area contributed by atoms with Crippen molar-refractivity contribution in [2.75, 3.05) is 29.2 Å². The second kappa shape index (κ2) is 8.86. The molecule has 0 aliphatic heterocycles. The van der Waals surface area contributed by atoms with Crippen LogP contribution in [-0.2, 0) is 4.79 Å². The second-order valence-corrected chi connectivity index (χ2v) is 5.39. The Morgan fingerprint density at radius 1 is 1.44 bits per heavy atom. The van der Waals surface area contributed by atoms with Gasteiger partial charge in [-0.3, -0.25) is 4.79 Å². The molecule has 0 bridgehead atoms. The number of anilines is 1. The average Bonchev–Trinajstić information content (AvgIpc) is 2.38. The zero-order chi connectivity index (χ0) is 13.2. The lowest BCUT2D eigenvalue weighted by molar-refractivity contribution is -0.113. The summed E-state index contributed by atoms with van der Waals surface area (Å²) in [5.74, 6) is 1.13. The number of carbonyl (C=O) groups excluding carboxylic acids is 1. The van der Waals surface area contributed by atoms with Gasteiger partial charge >= 0.3 is 0 Å². The summed E-state index contributed by atoms with van der Waals surface area (Å²) in [4.78, 5) is 12.5. The van der Waals surface area contributed by atoms with Crippen LogP contribution in [0, 0.1) is 11.3 Å². The van der Waals surface area contributed by atoms with E-state index in [9.17, 15) is 4.79 Å². The van der Waals surface area contributed by atoms with Crippen LogP contribution in [0.5, 0.6) is 0 Å². The third kappa shape index (κ3) is 5.45. The molecule has 1 amide bonds. The van der Waals surface area contributed by atoms with Crippen LogP contribution in [0.15, 0.2) is 29.2 Å². The lowest BCUT2D eigenvalue weighted by atomic mass is 10.3. The minimum absolute atomic E-state index is 0.0759. The van der Waals surface area contributed by atoms with Crippen LogP contribution in [0.2, 0.25) is 0 Å². The smallest absolute Gasteiger partial charge is 0.234 e. The number of nitrogens with zero attached hydrogens (tertiary/aromatic N) is 1. The summed E-state index contributed by atoms with van der Waals surface area (Å²) in [6.45, 7) is 0.0759. The molecule has 0 aromatic heterocycles. The van der Waals surface area contributed by atoms with Crippen LogP contribution < -0.4 is 5.32 Å². The van der Waals surface area contributed by atoms with E-state index in [0.717, 1.165) is 10.6 Å². The maximum atomic E-state index is 11.6. The van der Waals surface area contributed by atoms with E-state index in [1.54, 1.807) is 0 Å². The lowest BCUT2D eigenvalue weighted by Gasteiger charge is -2.09. The molecule has 0 saturated heterocycles. The standard InChI is InChI=1S/C12H14N2O2S2/c13-5-7-18-11-4-2-1-3-10(11)14-12(16)9-17-8-6-15/h1-4,15H,6-9H2,(H,14,16). The molecule has 0 heterocycles. The van der Waals surface area contributed by atoms with E-state index in [4.69, 9.17) is 10.4 Å². The molecule has 96 valence electrons. The first-order valence-electron chi connectivity index (χ1n) is 5.35. The highest BCUT2D eigenvalue weighted by Crippen LogP contribution is 2.26. The van der Waals surface area contributed by atoms with E-state index in [2.05, 4.69) is 11.4 Å². The van der Waals surface area contributed by atoms with Crippen molar-refractivity contribution in [3.63, 3.8) is 0 Å². The predicted molar refractivity (Wildman–Crippen MR) is 75.8 cm³/mol. The fraction of sp³-hybridized carbons (Fsp3) is 0.333. The van der Waals surface area contributed by atoms with Crippen molar-refractivity contribution in [3.05, 3.63) is 24.3 Å². The maximum absolute atomic E-state index is 11.6. The molecule has 0 aliphatic rings. The van der Waals surface area contributed by atoms with Crippen molar-refractivity contribution in [1.29, 1.82) is 5.26 Å². The van der Waals surface area contributed by atoms with Crippen LogP contribution >= 0.6 is 23.5 Å². The molecule has 6 heteroatoms. The van der Waals surface area contributed by atoms with Crippen LogP contribution in [-0.4, -0.2) is 34.9 Å². The molecule has 4 nitrogen and oxygen atoms in total. The first-order valence-corrected chi connectivity index (χ1v) is 7.49. The van der Waals surface area contributed by atoms with Crippen molar-refractivity contribution in [1.82, 2.24) is 0 Å². The molecule has 1 aromatic carbocycles. The Kier molecular flexibility index (Phi) is 7.34. The first kappa shape index (κ1) is 14.9. The fourth-order valence-corrected chi connectivity index (χ4v) is 2.42. The Bertz CT molecular complexity index is 432. The second-order valence-electron chi connectivity index (χ2n) is 3.27. The predicted octanol–water partition coefficient (Wildman–Crippen LogP) is 1.97. The molecular weight excluding hydrogens is 268 g/mol. The van der Waals surface area contributed by atoms with Gasteiger partial charge in [0, 0.05) is 10.6 Å². The first-order chi connectivity index (χ1) is 8.77. The van der Waals surface area contributed by atoms with Gasteiger partial charge in [-0.1, -0.05) is 12.1 Å². The van der Waals surface area contributed by atoms with Crippen molar-refractivity contribution in [3.8, 4) is 6.07 Å². The van der Waals surface area contributed by atoms with Crippen LogP contribution in [0.3, 0.4) is 0 Å². The molecule has 1 aromatic rings. The molecule has 0 spiro atoms. The minimum Gasteiger partial charge on any atom is -0.396 e. The SMILES string of the molecule is N#CCSc1ccccc1NC(=O)CSCCO. The number of hydrogen-bond acceptors (Lipinski definition) is 5. The lowest BCUT2D eigenvalue weighted by Crippen LogP contribution is -2.15. The number of benzene rings is 1. The molecule has 0 aliphatic carbocycles. The summed E-state index contributed by atoms with van der Waals surface area (Å²) in [7, 11) is 0. The van der Waals surface area contributed by atoms with Gasteiger partial charge in [0.1, 0.15) is 0 Å². The zero-order valence-corrected chi connectivity index (χ0v) is 11.4. The molecule has 1 rings (SSSR count). The summed E-state index contributed by atoms with van der Waals surface area (Å²) in [5.41, 5.74) is 0.729. The van der Waals surface area contributed by atoms with Gasteiger partial charge in [0.25, 0.3) is 0 Å². The number of aliphatic hydroxyl groups excluding tert-OH is 1. The Labute approximate surface area is 115 Å². The summed E-state index contributed by atoms with van der Waals surface area (Å²) >= 11 is 2.78. The number of aliphatic hydroxyl groups is 1. The average molecular weight is 282 g/mol. The van der Waals surface area contributed by atoms with E-state index in [1.165, 1.54) is 23.5 Å². The maximum Gasteiger partial charge on any atom is 0.234 e. The number of amides is 1. The van der Waals surface area contributed by atoms with Crippen molar-refractivity contribution < 1.29 is 9.90 Å². The molecule has 0 atom stereocenters. The molecule has 0 unspecified atom stereocenters. The van der Waals surface area contributed by atoms with Gasteiger partial charge in [-0.15, -0.1) is 23.5 Å². The molecular formula is C12H14N2O2S2. The van der Waals surface area contributed by atoms with Gasteiger partial charge < -0.3 is 10.4 Å².